The van der Waals surface area contributed by atoms with Gasteiger partial charge in [-0.05, 0) is 131 Å². The van der Waals surface area contributed by atoms with Crippen LogP contribution in [0, 0.1) is 16.2 Å². The van der Waals surface area contributed by atoms with Crippen molar-refractivity contribution >= 4 is 29.3 Å². The number of fused-ring (bicyclic) bond motifs is 10. The molecule has 9 rings (SSSR count). The highest BCUT2D eigenvalue weighted by Gasteiger charge is 2.76. The van der Waals surface area contributed by atoms with E-state index >= 15 is 4.79 Å². The molecular weight excluding hydrogens is 831 g/mol. The third-order valence-electron chi connectivity index (χ3n) is 15.7. The number of halogens is 4. The Morgan fingerprint density at radius 1 is 0.921 bits per heavy atom. The van der Waals surface area contributed by atoms with E-state index < -0.39 is 57.0 Å². The van der Waals surface area contributed by atoms with E-state index in [1.54, 1.807) is 11.0 Å². The Morgan fingerprint density at radius 3 is 2.35 bits per heavy atom. The van der Waals surface area contributed by atoms with Crippen LogP contribution in [-0.2, 0) is 33.5 Å². The van der Waals surface area contributed by atoms with Crippen molar-refractivity contribution in [1.29, 1.82) is 0 Å². The first kappa shape index (κ1) is 44.9. The van der Waals surface area contributed by atoms with Crippen molar-refractivity contribution in [3.63, 3.8) is 0 Å². The second-order valence-electron chi connectivity index (χ2n) is 19.5. The second kappa shape index (κ2) is 16.1. The molecule has 4 bridgehead atoms. The Hall–Kier alpha value is -4.71. The summed E-state index contributed by atoms with van der Waals surface area (Å²) in [4.78, 5) is 45.2. The summed E-state index contributed by atoms with van der Waals surface area (Å²) in [7, 11) is 0. The SMILES string of the molecule is CC1=CCCC2(C)C(CCC2(O)CN(Cc2ccccc2)C(=O)C23CCC(C)(C(=O)O2)C3(C)C)c2ccc(cc2C(=O)c2ccc(-c3cc(C(F)(F)F)ccc3Cl)o2)CC(O)CC1. The molecule has 6 unspecified atom stereocenters. The Kier molecular flexibility index (Phi) is 11.4. The molecule has 3 aromatic carbocycles. The standard InChI is InChI=1S/C51H55ClF3NO7/c1-31-10-9-22-47(4)39(21-23-49(47,61)30-56(29-32-11-7-6-8-12-32)44(59)50-25-24-48(5,45(60)63-50)46(50,2)3)36-17-14-33(26-35(57)16-13-31)27-37(36)43(58)42-20-19-41(62-42)38-28-34(51(53,54)55)15-18-40(38)52/h6-8,10-12,14-15,17-20,27-28,35,39,57,61H,9,13,16,21-26,29-30H2,1-5H3. The van der Waals surface area contributed by atoms with Gasteiger partial charge in [0, 0.05) is 28.5 Å². The second-order valence-corrected chi connectivity index (χ2v) is 19.9. The van der Waals surface area contributed by atoms with Crippen LogP contribution in [0.5, 0.6) is 0 Å². The molecule has 0 radical (unpaired) electrons. The molecule has 1 saturated heterocycles. The van der Waals surface area contributed by atoms with Crippen LogP contribution in [0.25, 0.3) is 11.3 Å². The van der Waals surface area contributed by atoms with Crippen LogP contribution in [-0.4, -0.2) is 56.6 Å². The lowest BCUT2D eigenvalue weighted by Gasteiger charge is -2.47. The number of amides is 1. The molecule has 63 heavy (non-hydrogen) atoms. The average Bonchev–Trinajstić information content (AvgIpc) is 3.91. The molecule has 4 aromatic rings. The Labute approximate surface area is 371 Å². The average molecular weight is 886 g/mol. The molecular formula is C51H55ClF3NO7. The van der Waals surface area contributed by atoms with E-state index in [0.29, 0.717) is 61.6 Å². The molecule has 2 saturated carbocycles. The molecule has 8 nitrogen and oxygen atoms in total. The zero-order valence-corrected chi connectivity index (χ0v) is 37.2. The summed E-state index contributed by atoms with van der Waals surface area (Å²) < 4.78 is 53.3. The summed E-state index contributed by atoms with van der Waals surface area (Å²) in [6, 6.07) is 20.9. The minimum absolute atomic E-state index is 0.00621. The zero-order chi connectivity index (χ0) is 45.3. The summed E-state index contributed by atoms with van der Waals surface area (Å²) in [6.45, 7) is 9.90. The maximum Gasteiger partial charge on any atom is 0.416 e. The molecule has 5 aliphatic rings. The first-order chi connectivity index (χ1) is 29.6. The maximum absolute atomic E-state index is 15.3. The monoisotopic (exact) mass is 885 g/mol. The number of benzene rings is 3. The number of hydrogen-bond acceptors (Lipinski definition) is 7. The zero-order valence-electron chi connectivity index (χ0n) is 36.4. The van der Waals surface area contributed by atoms with Crippen LogP contribution >= 0.6 is 11.6 Å². The first-order valence-electron chi connectivity index (χ1n) is 21.9. The highest BCUT2D eigenvalue weighted by atomic mass is 35.5. The minimum atomic E-state index is -4.63. The predicted octanol–water partition coefficient (Wildman–Crippen LogP) is 11.0. The summed E-state index contributed by atoms with van der Waals surface area (Å²) >= 11 is 6.37. The number of aliphatic hydroxyl groups excluding tert-OH is 1. The fourth-order valence-corrected chi connectivity index (χ4v) is 11.3. The molecule has 334 valence electrons. The van der Waals surface area contributed by atoms with Crippen LogP contribution in [0.4, 0.5) is 13.2 Å². The van der Waals surface area contributed by atoms with Crippen molar-refractivity contribution in [3.05, 3.63) is 129 Å². The third-order valence-corrected chi connectivity index (χ3v) is 16.0. The maximum atomic E-state index is 15.3. The van der Waals surface area contributed by atoms with Gasteiger partial charge >= 0.3 is 12.1 Å². The van der Waals surface area contributed by atoms with Crippen molar-refractivity contribution in [2.24, 2.45) is 16.2 Å². The predicted molar refractivity (Wildman–Crippen MR) is 233 cm³/mol. The summed E-state index contributed by atoms with van der Waals surface area (Å²) in [5.74, 6) is -1.76. The number of allylic oxidation sites excluding steroid dienone is 2. The number of ketones is 1. The normalized spacial score (nSPS) is 29.2. The number of nitrogens with zero attached hydrogens (tertiary/aromatic N) is 1. The molecule has 2 N–H and O–H groups in total. The number of rotatable bonds is 8. The molecule has 1 aromatic heterocycles. The molecule has 2 heterocycles. The van der Waals surface area contributed by atoms with Gasteiger partial charge in [-0.25, -0.2) is 0 Å². The molecule has 6 atom stereocenters. The third kappa shape index (κ3) is 7.55. The van der Waals surface area contributed by atoms with Crippen molar-refractivity contribution in [2.75, 3.05) is 6.54 Å². The Balaban J connectivity index is 1.21. The topological polar surface area (TPSA) is 117 Å². The largest absolute Gasteiger partial charge is 0.453 e. The fraction of sp³-hybridized carbons (Fsp3) is 0.471. The summed E-state index contributed by atoms with van der Waals surface area (Å²) in [5, 5.41) is 24.5. The van der Waals surface area contributed by atoms with Gasteiger partial charge in [0.1, 0.15) is 5.76 Å². The quantitative estimate of drug-likeness (QED) is 0.103. The van der Waals surface area contributed by atoms with Gasteiger partial charge in [-0.2, -0.15) is 13.2 Å². The summed E-state index contributed by atoms with van der Waals surface area (Å²) in [5.41, 5.74) is -2.77. The number of furan rings is 1. The highest BCUT2D eigenvalue weighted by molar-refractivity contribution is 6.33. The molecule has 1 amide bonds. The van der Waals surface area contributed by atoms with Crippen LogP contribution in [0.3, 0.4) is 0 Å². The number of alkyl halides is 3. The number of ether oxygens (including phenoxy) is 1. The van der Waals surface area contributed by atoms with E-state index in [1.807, 2.05) is 77.1 Å². The van der Waals surface area contributed by atoms with Gasteiger partial charge in [-0.3, -0.25) is 14.4 Å². The van der Waals surface area contributed by atoms with Gasteiger partial charge in [0.05, 0.1) is 34.3 Å². The number of carbonyl (C=O) groups is 3. The van der Waals surface area contributed by atoms with Gasteiger partial charge in [0.2, 0.25) is 5.78 Å². The molecule has 3 fully saturated rings. The lowest BCUT2D eigenvalue weighted by atomic mass is 9.64. The highest BCUT2D eigenvalue weighted by Crippen LogP contribution is 2.66. The molecule has 1 aliphatic heterocycles. The van der Waals surface area contributed by atoms with Gasteiger partial charge in [-0.1, -0.05) is 86.5 Å². The van der Waals surface area contributed by atoms with Crippen molar-refractivity contribution in [2.45, 2.75) is 128 Å². The number of esters is 1. The van der Waals surface area contributed by atoms with Crippen molar-refractivity contribution in [3.8, 4) is 11.3 Å². The lowest BCUT2D eigenvalue weighted by Crippen LogP contribution is -2.60. The van der Waals surface area contributed by atoms with Crippen LogP contribution in [0.2, 0.25) is 5.02 Å². The number of aliphatic hydroxyl groups is 2. The van der Waals surface area contributed by atoms with E-state index in [4.69, 9.17) is 20.8 Å². The van der Waals surface area contributed by atoms with Crippen LogP contribution in [0.1, 0.15) is 130 Å². The Morgan fingerprint density at radius 2 is 1.67 bits per heavy atom. The van der Waals surface area contributed by atoms with Gasteiger partial charge < -0.3 is 24.3 Å². The molecule has 4 aliphatic carbocycles. The van der Waals surface area contributed by atoms with Crippen LogP contribution in [0.15, 0.2) is 94.9 Å². The van der Waals surface area contributed by atoms with Crippen molar-refractivity contribution < 1.29 is 46.9 Å². The first-order valence-corrected chi connectivity index (χ1v) is 22.3. The smallest absolute Gasteiger partial charge is 0.416 e. The summed E-state index contributed by atoms with van der Waals surface area (Å²) in [6.07, 6.45) is 0.947. The minimum Gasteiger partial charge on any atom is -0.453 e. The lowest BCUT2D eigenvalue weighted by molar-refractivity contribution is -0.178. The van der Waals surface area contributed by atoms with Crippen molar-refractivity contribution in [1.82, 2.24) is 4.90 Å². The number of carbonyl (C=O) groups excluding carboxylic acids is 3. The van der Waals surface area contributed by atoms with E-state index in [2.05, 4.69) is 6.08 Å². The van der Waals surface area contributed by atoms with E-state index in [0.717, 1.165) is 29.3 Å². The van der Waals surface area contributed by atoms with E-state index in [-0.39, 0.29) is 59.9 Å². The van der Waals surface area contributed by atoms with Gasteiger partial charge in [0.25, 0.3) is 5.91 Å². The Bertz CT molecular complexity index is 2480. The van der Waals surface area contributed by atoms with Gasteiger partial charge in [0.15, 0.2) is 11.4 Å². The van der Waals surface area contributed by atoms with Crippen LogP contribution < -0.4 is 0 Å². The van der Waals surface area contributed by atoms with E-state index in [9.17, 15) is 33.0 Å². The number of hydrogen-bond donors (Lipinski definition) is 2. The fourth-order valence-electron chi connectivity index (χ4n) is 11.1. The van der Waals surface area contributed by atoms with E-state index in [1.165, 1.54) is 12.1 Å². The molecule has 12 heteroatoms. The molecule has 0 spiro atoms. The van der Waals surface area contributed by atoms with Gasteiger partial charge in [-0.15, -0.1) is 0 Å².